The van der Waals surface area contributed by atoms with Gasteiger partial charge in [-0.1, -0.05) is 125 Å². The topological polar surface area (TPSA) is 52.6 Å². The monoisotopic (exact) mass is 553 g/mol. The van der Waals surface area contributed by atoms with Crippen LogP contribution >= 0.6 is 0 Å². The van der Waals surface area contributed by atoms with Crippen LogP contribution in [-0.4, -0.2) is 25.2 Å². The summed E-state index contributed by atoms with van der Waals surface area (Å²) in [6.45, 7) is 14.5. The van der Waals surface area contributed by atoms with Crippen LogP contribution in [0.2, 0.25) is 0 Å². The molecule has 0 saturated heterocycles. The van der Waals surface area contributed by atoms with E-state index in [0.717, 1.165) is 44.9 Å². The molecule has 0 aromatic rings. The van der Waals surface area contributed by atoms with Gasteiger partial charge < -0.3 is 9.47 Å². The van der Waals surface area contributed by atoms with Crippen molar-refractivity contribution in [2.75, 3.05) is 13.2 Å². The molecule has 4 nitrogen and oxygen atoms in total. The first kappa shape index (κ1) is 37.9. The van der Waals surface area contributed by atoms with Crippen LogP contribution in [-0.2, 0) is 19.1 Å². The van der Waals surface area contributed by atoms with Gasteiger partial charge in [0, 0.05) is 12.8 Å². The van der Waals surface area contributed by atoms with Gasteiger partial charge in [0.2, 0.25) is 0 Å². The lowest BCUT2D eigenvalue weighted by Gasteiger charge is -2.20. The van der Waals surface area contributed by atoms with Crippen LogP contribution in [0.25, 0.3) is 0 Å². The maximum atomic E-state index is 12.2. The summed E-state index contributed by atoms with van der Waals surface area (Å²) in [6.07, 6.45) is 24.6. The van der Waals surface area contributed by atoms with Crippen molar-refractivity contribution < 1.29 is 19.1 Å². The number of esters is 2. The van der Waals surface area contributed by atoms with Crippen molar-refractivity contribution in [1.29, 1.82) is 0 Å². The Hall–Kier alpha value is -1.06. The van der Waals surface area contributed by atoms with Crippen molar-refractivity contribution in [2.24, 2.45) is 23.7 Å². The standard InChI is InChI=1S/C35H68O4/c1-30(2)23-21-27-38-34(36)26-20-18-16-14-12-10-8-7-9-11-13-15-17-19-25-33(32(5)6)29-35(37)39-28-22-24-31(3)4/h30-33H,7-29H2,1-6H3. The second-order valence-electron chi connectivity index (χ2n) is 13.2. The van der Waals surface area contributed by atoms with Gasteiger partial charge in [0.25, 0.3) is 0 Å². The van der Waals surface area contributed by atoms with E-state index in [4.69, 9.17) is 9.47 Å². The van der Waals surface area contributed by atoms with Gasteiger partial charge in [-0.15, -0.1) is 0 Å². The number of carbonyl (C=O) groups excluding carboxylic acids is 2. The van der Waals surface area contributed by atoms with Crippen LogP contribution in [0.3, 0.4) is 0 Å². The van der Waals surface area contributed by atoms with E-state index in [-0.39, 0.29) is 11.9 Å². The van der Waals surface area contributed by atoms with Crippen molar-refractivity contribution in [3.05, 3.63) is 0 Å². The average molecular weight is 553 g/mol. The summed E-state index contributed by atoms with van der Waals surface area (Å²) < 4.78 is 10.8. The van der Waals surface area contributed by atoms with E-state index in [1.807, 2.05) is 0 Å². The summed E-state index contributed by atoms with van der Waals surface area (Å²) in [5.41, 5.74) is 0. The molecular formula is C35H68O4. The molecule has 0 heterocycles. The van der Waals surface area contributed by atoms with Crippen molar-refractivity contribution in [2.45, 2.75) is 176 Å². The highest BCUT2D eigenvalue weighted by Crippen LogP contribution is 2.24. The Kier molecular flexibility index (Phi) is 26.4. The second-order valence-corrected chi connectivity index (χ2v) is 13.2. The number of rotatable bonds is 28. The molecule has 0 aliphatic rings. The second kappa shape index (κ2) is 27.1. The van der Waals surface area contributed by atoms with Gasteiger partial charge in [0.1, 0.15) is 0 Å². The van der Waals surface area contributed by atoms with E-state index in [9.17, 15) is 9.59 Å². The SMILES string of the molecule is CC(C)CCCOC(=O)CCCCCCCCCCCCCCCCC(CC(=O)OCCCC(C)C)C(C)C. The van der Waals surface area contributed by atoms with E-state index in [1.165, 1.54) is 77.0 Å². The van der Waals surface area contributed by atoms with Crippen molar-refractivity contribution in [3.63, 3.8) is 0 Å². The molecular weight excluding hydrogens is 484 g/mol. The first-order valence-corrected chi connectivity index (χ1v) is 17.0. The Balaban J connectivity index is 3.47. The minimum absolute atomic E-state index is 0.00213. The lowest BCUT2D eigenvalue weighted by molar-refractivity contribution is -0.145. The molecule has 4 heteroatoms. The van der Waals surface area contributed by atoms with Crippen molar-refractivity contribution in [1.82, 2.24) is 0 Å². The van der Waals surface area contributed by atoms with Crippen LogP contribution < -0.4 is 0 Å². The molecule has 39 heavy (non-hydrogen) atoms. The Bertz CT molecular complexity index is 555. The molecule has 0 amide bonds. The summed E-state index contributed by atoms with van der Waals surface area (Å²) >= 11 is 0. The zero-order valence-corrected chi connectivity index (χ0v) is 27.2. The van der Waals surface area contributed by atoms with Gasteiger partial charge in [-0.25, -0.2) is 0 Å². The molecule has 0 aromatic carbocycles. The van der Waals surface area contributed by atoms with Gasteiger partial charge >= 0.3 is 11.9 Å². The Labute approximate surface area is 244 Å². The molecule has 0 fully saturated rings. The molecule has 0 spiro atoms. The summed E-state index contributed by atoms with van der Waals surface area (Å²) in [5, 5.41) is 0. The van der Waals surface area contributed by atoms with Gasteiger partial charge in [0.15, 0.2) is 0 Å². The van der Waals surface area contributed by atoms with E-state index in [0.29, 0.717) is 49.7 Å². The van der Waals surface area contributed by atoms with Crippen molar-refractivity contribution in [3.8, 4) is 0 Å². The Morgan fingerprint density at radius 2 is 0.846 bits per heavy atom. The first-order chi connectivity index (χ1) is 18.7. The molecule has 0 aliphatic carbocycles. The molecule has 0 saturated carbocycles. The lowest BCUT2D eigenvalue weighted by atomic mass is 9.87. The van der Waals surface area contributed by atoms with E-state index in [2.05, 4.69) is 41.5 Å². The molecule has 1 atom stereocenters. The Morgan fingerprint density at radius 1 is 0.462 bits per heavy atom. The minimum Gasteiger partial charge on any atom is -0.466 e. The third-order valence-electron chi connectivity index (χ3n) is 7.96. The van der Waals surface area contributed by atoms with Gasteiger partial charge in [-0.3, -0.25) is 9.59 Å². The third kappa shape index (κ3) is 28.3. The van der Waals surface area contributed by atoms with Crippen LogP contribution in [0.5, 0.6) is 0 Å². The van der Waals surface area contributed by atoms with Gasteiger partial charge in [0.05, 0.1) is 13.2 Å². The molecule has 0 radical (unpaired) electrons. The largest absolute Gasteiger partial charge is 0.466 e. The summed E-state index contributed by atoms with van der Waals surface area (Å²) in [5.74, 6) is 2.35. The number of hydrogen-bond donors (Lipinski definition) is 0. The van der Waals surface area contributed by atoms with E-state index < -0.39 is 0 Å². The smallest absolute Gasteiger partial charge is 0.306 e. The quantitative estimate of drug-likeness (QED) is 0.0715. The predicted octanol–water partition coefficient (Wildman–Crippen LogP) is 10.8. The molecule has 0 rings (SSSR count). The molecule has 0 aliphatic heterocycles. The fourth-order valence-electron chi connectivity index (χ4n) is 5.17. The van der Waals surface area contributed by atoms with E-state index >= 15 is 0 Å². The zero-order valence-electron chi connectivity index (χ0n) is 27.2. The number of unbranched alkanes of at least 4 members (excludes halogenated alkanes) is 13. The lowest BCUT2D eigenvalue weighted by Crippen LogP contribution is -2.17. The predicted molar refractivity (Wildman–Crippen MR) is 167 cm³/mol. The van der Waals surface area contributed by atoms with Crippen LogP contribution in [0.15, 0.2) is 0 Å². The third-order valence-corrected chi connectivity index (χ3v) is 7.96. The Morgan fingerprint density at radius 3 is 1.26 bits per heavy atom. The number of hydrogen-bond acceptors (Lipinski definition) is 4. The van der Waals surface area contributed by atoms with Gasteiger partial charge in [-0.2, -0.15) is 0 Å². The number of ether oxygens (including phenoxy) is 2. The van der Waals surface area contributed by atoms with Crippen molar-refractivity contribution >= 4 is 11.9 Å². The van der Waals surface area contributed by atoms with Crippen LogP contribution in [0, 0.1) is 23.7 Å². The maximum Gasteiger partial charge on any atom is 0.306 e. The molecule has 0 bridgehead atoms. The summed E-state index contributed by atoms with van der Waals surface area (Å²) in [6, 6.07) is 0. The number of carbonyl (C=O) groups is 2. The normalized spacial score (nSPS) is 12.4. The highest BCUT2D eigenvalue weighted by atomic mass is 16.5. The maximum absolute atomic E-state index is 12.2. The van der Waals surface area contributed by atoms with Crippen LogP contribution in [0.1, 0.15) is 176 Å². The van der Waals surface area contributed by atoms with Crippen LogP contribution in [0.4, 0.5) is 0 Å². The molecule has 1 unspecified atom stereocenters. The zero-order chi connectivity index (χ0) is 29.1. The first-order valence-electron chi connectivity index (χ1n) is 17.0. The molecule has 0 N–H and O–H groups in total. The molecule has 0 aromatic heterocycles. The fraction of sp³-hybridized carbons (Fsp3) is 0.943. The average Bonchev–Trinajstić information content (AvgIpc) is 2.87. The highest BCUT2D eigenvalue weighted by Gasteiger charge is 2.18. The molecule has 232 valence electrons. The summed E-state index contributed by atoms with van der Waals surface area (Å²) in [4.78, 5) is 23.9. The fourth-order valence-corrected chi connectivity index (χ4v) is 5.17. The highest BCUT2D eigenvalue weighted by molar-refractivity contribution is 5.69. The minimum atomic E-state index is -0.0108. The van der Waals surface area contributed by atoms with E-state index in [1.54, 1.807) is 0 Å². The summed E-state index contributed by atoms with van der Waals surface area (Å²) in [7, 11) is 0. The van der Waals surface area contributed by atoms with Gasteiger partial charge in [-0.05, 0) is 62.2 Å².